The van der Waals surface area contributed by atoms with E-state index in [1.165, 1.54) is 5.57 Å². The van der Waals surface area contributed by atoms with Crippen molar-refractivity contribution in [2.45, 2.75) is 12.8 Å². The predicted octanol–water partition coefficient (Wildman–Crippen LogP) is 2.51. The lowest BCUT2D eigenvalue weighted by atomic mass is 9.98. The molecule has 0 bridgehead atoms. The van der Waals surface area contributed by atoms with Gasteiger partial charge in [-0.3, -0.25) is 9.59 Å². The second-order valence-corrected chi connectivity index (χ2v) is 6.66. The molecule has 2 unspecified atom stereocenters. The number of carbonyl (C=O) groups is 2. The molecule has 1 aliphatic carbocycles. The minimum Gasteiger partial charge on any atom is -0.497 e. The monoisotopic (exact) mass is 340 g/mol. The number of carboxylic acids is 1. The summed E-state index contributed by atoms with van der Waals surface area (Å²) < 4.78 is 5.31. The molecule has 2 heterocycles. The maximum absolute atomic E-state index is 12.4. The number of benzene rings is 1. The van der Waals surface area contributed by atoms with Gasteiger partial charge < -0.3 is 19.7 Å². The van der Waals surface area contributed by atoms with Gasteiger partial charge in [-0.1, -0.05) is 6.08 Å². The van der Waals surface area contributed by atoms with Crippen molar-refractivity contribution in [1.29, 1.82) is 0 Å². The number of methoxy groups -OCH3 is 1. The lowest BCUT2D eigenvalue weighted by Gasteiger charge is -2.26. The van der Waals surface area contributed by atoms with Crippen molar-refractivity contribution in [3.63, 3.8) is 0 Å². The van der Waals surface area contributed by atoms with Crippen molar-refractivity contribution < 1.29 is 19.4 Å². The zero-order valence-corrected chi connectivity index (χ0v) is 14.0. The molecule has 1 aromatic carbocycles. The number of aromatic nitrogens is 1. The van der Waals surface area contributed by atoms with Gasteiger partial charge in [0.15, 0.2) is 0 Å². The fourth-order valence-corrected chi connectivity index (χ4v) is 3.58. The van der Waals surface area contributed by atoms with Crippen LogP contribution in [0.25, 0.3) is 16.5 Å². The van der Waals surface area contributed by atoms with Crippen molar-refractivity contribution in [2.24, 2.45) is 11.8 Å². The summed E-state index contributed by atoms with van der Waals surface area (Å²) in [5, 5.41) is 10.1. The van der Waals surface area contributed by atoms with E-state index in [4.69, 9.17) is 9.84 Å². The van der Waals surface area contributed by atoms with Gasteiger partial charge in [-0.2, -0.15) is 0 Å². The topological polar surface area (TPSA) is 82.6 Å². The molecule has 130 valence electrons. The summed E-state index contributed by atoms with van der Waals surface area (Å²) >= 11 is 0. The minimum atomic E-state index is -0.862. The van der Waals surface area contributed by atoms with E-state index < -0.39 is 11.9 Å². The van der Waals surface area contributed by atoms with Crippen molar-refractivity contribution in [1.82, 2.24) is 9.88 Å². The molecule has 0 spiro atoms. The Kier molecular flexibility index (Phi) is 3.75. The number of nitrogens with zero attached hydrogens (tertiary/aromatic N) is 1. The number of hydrogen-bond donors (Lipinski definition) is 2. The van der Waals surface area contributed by atoms with E-state index in [0.717, 1.165) is 28.6 Å². The average molecular weight is 340 g/mol. The molecule has 1 aromatic heterocycles. The maximum Gasteiger partial charge on any atom is 0.307 e. The number of ether oxygens (including phenoxy) is 1. The van der Waals surface area contributed by atoms with Gasteiger partial charge in [-0.15, -0.1) is 0 Å². The largest absolute Gasteiger partial charge is 0.497 e. The van der Waals surface area contributed by atoms with Crippen LogP contribution in [0.5, 0.6) is 5.75 Å². The first-order valence-electron chi connectivity index (χ1n) is 8.44. The molecular weight excluding hydrogens is 320 g/mol. The lowest BCUT2D eigenvalue weighted by Crippen LogP contribution is -2.36. The van der Waals surface area contributed by atoms with Gasteiger partial charge in [0.2, 0.25) is 5.91 Å². The van der Waals surface area contributed by atoms with Gasteiger partial charge in [0.1, 0.15) is 5.75 Å². The van der Waals surface area contributed by atoms with Gasteiger partial charge in [0.05, 0.1) is 18.9 Å². The van der Waals surface area contributed by atoms with Gasteiger partial charge in [-0.05, 0) is 36.6 Å². The van der Waals surface area contributed by atoms with Gasteiger partial charge in [0.25, 0.3) is 0 Å². The standard InChI is InChI=1S/C19H20N2O4/c1-25-12-2-3-17-13(8-12)16(10-20-17)11-4-6-21(7-5-11)18(22)14-9-15(14)19(23)24/h2-4,8,10,14-15,20H,5-7,9H2,1H3,(H,23,24). The van der Waals surface area contributed by atoms with Crippen LogP contribution in [0, 0.1) is 11.8 Å². The van der Waals surface area contributed by atoms with Crippen LogP contribution >= 0.6 is 0 Å². The van der Waals surface area contributed by atoms with Gasteiger partial charge in [-0.25, -0.2) is 0 Å². The summed E-state index contributed by atoms with van der Waals surface area (Å²) in [7, 11) is 1.65. The molecule has 2 N–H and O–H groups in total. The minimum absolute atomic E-state index is 0.0247. The van der Waals surface area contributed by atoms with E-state index in [2.05, 4.69) is 11.1 Å². The van der Waals surface area contributed by atoms with Crippen LogP contribution in [-0.4, -0.2) is 47.1 Å². The van der Waals surface area contributed by atoms with E-state index in [-0.39, 0.29) is 11.8 Å². The van der Waals surface area contributed by atoms with E-state index in [9.17, 15) is 9.59 Å². The molecule has 1 fully saturated rings. The fourth-order valence-electron chi connectivity index (χ4n) is 3.58. The SMILES string of the molecule is COc1ccc2[nH]cc(C3=CCN(C(=O)C4CC4C(=O)O)CC3)c2c1. The highest BCUT2D eigenvalue weighted by molar-refractivity contribution is 5.94. The Bertz CT molecular complexity index is 883. The van der Waals surface area contributed by atoms with Crippen LogP contribution in [-0.2, 0) is 9.59 Å². The molecule has 0 saturated heterocycles. The number of aromatic amines is 1. The summed E-state index contributed by atoms with van der Waals surface area (Å²) in [6.07, 6.45) is 5.31. The second-order valence-electron chi connectivity index (χ2n) is 6.66. The molecule has 2 atom stereocenters. The first-order chi connectivity index (χ1) is 12.1. The quantitative estimate of drug-likeness (QED) is 0.896. The number of H-pyrrole nitrogens is 1. The number of rotatable bonds is 4. The van der Waals surface area contributed by atoms with E-state index in [1.54, 1.807) is 12.0 Å². The highest BCUT2D eigenvalue weighted by Crippen LogP contribution is 2.41. The van der Waals surface area contributed by atoms with E-state index in [0.29, 0.717) is 19.5 Å². The molecule has 0 radical (unpaired) electrons. The van der Waals surface area contributed by atoms with Crippen molar-refractivity contribution in [3.8, 4) is 5.75 Å². The van der Waals surface area contributed by atoms with Crippen LogP contribution in [0.1, 0.15) is 18.4 Å². The Morgan fingerprint density at radius 2 is 2.16 bits per heavy atom. The van der Waals surface area contributed by atoms with Crippen LogP contribution in [0.4, 0.5) is 0 Å². The molecule has 1 saturated carbocycles. The highest BCUT2D eigenvalue weighted by atomic mass is 16.5. The summed E-state index contributed by atoms with van der Waals surface area (Å²) in [6.45, 7) is 1.16. The van der Waals surface area contributed by atoms with Gasteiger partial charge >= 0.3 is 5.97 Å². The van der Waals surface area contributed by atoms with Crippen LogP contribution in [0.2, 0.25) is 0 Å². The molecule has 6 heteroatoms. The smallest absolute Gasteiger partial charge is 0.307 e. The fraction of sp³-hybridized carbons (Fsp3) is 0.368. The number of hydrogen-bond acceptors (Lipinski definition) is 3. The Morgan fingerprint density at radius 3 is 2.80 bits per heavy atom. The number of fused-ring (bicyclic) bond motifs is 1. The molecule has 2 aromatic rings. The third-order valence-electron chi connectivity index (χ3n) is 5.18. The third kappa shape index (κ3) is 2.77. The number of aliphatic carboxylic acids is 1. The van der Waals surface area contributed by atoms with Crippen molar-refractivity contribution in [2.75, 3.05) is 20.2 Å². The van der Waals surface area contributed by atoms with E-state index in [1.807, 2.05) is 24.4 Å². The van der Waals surface area contributed by atoms with Crippen LogP contribution < -0.4 is 4.74 Å². The molecule has 6 nitrogen and oxygen atoms in total. The van der Waals surface area contributed by atoms with Crippen molar-refractivity contribution >= 4 is 28.4 Å². The number of carbonyl (C=O) groups excluding carboxylic acids is 1. The Hall–Kier alpha value is -2.76. The number of amides is 1. The molecular formula is C19H20N2O4. The Morgan fingerprint density at radius 1 is 1.32 bits per heavy atom. The maximum atomic E-state index is 12.4. The summed E-state index contributed by atoms with van der Waals surface area (Å²) in [5.74, 6) is -0.888. The molecule has 1 amide bonds. The van der Waals surface area contributed by atoms with E-state index >= 15 is 0 Å². The Labute approximate surface area is 145 Å². The summed E-state index contributed by atoms with van der Waals surface area (Å²) in [5.41, 5.74) is 3.39. The third-order valence-corrected chi connectivity index (χ3v) is 5.18. The lowest BCUT2D eigenvalue weighted by molar-refractivity contribution is -0.141. The average Bonchev–Trinajstić information content (AvgIpc) is 3.34. The Balaban J connectivity index is 1.51. The molecule has 25 heavy (non-hydrogen) atoms. The zero-order valence-electron chi connectivity index (χ0n) is 14.0. The second kappa shape index (κ2) is 5.95. The summed E-state index contributed by atoms with van der Waals surface area (Å²) in [6, 6.07) is 5.93. The molecule has 1 aliphatic heterocycles. The first-order valence-corrected chi connectivity index (χ1v) is 8.44. The van der Waals surface area contributed by atoms with Crippen molar-refractivity contribution in [3.05, 3.63) is 36.0 Å². The van der Waals surface area contributed by atoms with Crippen LogP contribution in [0.3, 0.4) is 0 Å². The normalized spacial score (nSPS) is 22.6. The number of carboxylic acid groups (broad SMARTS) is 1. The highest BCUT2D eigenvalue weighted by Gasteiger charge is 2.49. The number of nitrogens with one attached hydrogen (secondary N) is 1. The first kappa shape index (κ1) is 15.7. The molecule has 2 aliphatic rings. The predicted molar refractivity (Wildman–Crippen MR) is 93.3 cm³/mol. The zero-order chi connectivity index (χ0) is 17.6. The van der Waals surface area contributed by atoms with Gasteiger partial charge in [0, 0.05) is 35.8 Å². The summed E-state index contributed by atoms with van der Waals surface area (Å²) in [4.78, 5) is 28.4. The van der Waals surface area contributed by atoms with Crippen LogP contribution in [0.15, 0.2) is 30.5 Å². The molecule has 4 rings (SSSR count).